The van der Waals surface area contributed by atoms with Crippen LogP contribution in [-0.2, 0) is 21.5 Å². The lowest BCUT2D eigenvalue weighted by molar-refractivity contribution is -0.130. The molecule has 7 nitrogen and oxygen atoms in total. The summed E-state index contributed by atoms with van der Waals surface area (Å²) in [4.78, 5) is 37.7. The molecular formula is C24H33N3O4. The van der Waals surface area contributed by atoms with Crippen LogP contribution in [0.1, 0.15) is 63.2 Å². The number of nitrogens with one attached hydrogen (secondary N) is 3. The van der Waals surface area contributed by atoms with Crippen molar-refractivity contribution in [1.82, 2.24) is 16.0 Å². The van der Waals surface area contributed by atoms with Gasteiger partial charge in [0.05, 0.1) is 12.8 Å². The van der Waals surface area contributed by atoms with Crippen LogP contribution in [0, 0.1) is 5.92 Å². The second kappa shape index (κ2) is 10.3. The van der Waals surface area contributed by atoms with Crippen LogP contribution in [-0.4, -0.2) is 29.8 Å². The molecule has 0 saturated heterocycles. The predicted octanol–water partition coefficient (Wildman–Crippen LogP) is 3.15. The first-order valence-electron chi connectivity index (χ1n) is 10.5. The molecule has 1 heterocycles. The van der Waals surface area contributed by atoms with E-state index in [2.05, 4.69) is 36.7 Å². The fourth-order valence-corrected chi connectivity index (χ4v) is 2.99. The van der Waals surface area contributed by atoms with E-state index in [-0.39, 0.29) is 29.7 Å². The summed E-state index contributed by atoms with van der Waals surface area (Å²) in [5, 5.41) is 8.18. The van der Waals surface area contributed by atoms with Gasteiger partial charge >= 0.3 is 0 Å². The Morgan fingerprint density at radius 1 is 0.935 bits per heavy atom. The molecule has 168 valence electrons. The molecule has 0 aliphatic rings. The summed E-state index contributed by atoms with van der Waals surface area (Å²) in [5.74, 6) is -0.608. The fraction of sp³-hybridized carbons (Fsp3) is 0.458. The quantitative estimate of drug-likeness (QED) is 0.602. The van der Waals surface area contributed by atoms with Gasteiger partial charge in [0, 0.05) is 5.56 Å². The predicted molar refractivity (Wildman–Crippen MR) is 119 cm³/mol. The van der Waals surface area contributed by atoms with Crippen molar-refractivity contribution < 1.29 is 18.8 Å². The third kappa shape index (κ3) is 6.98. The summed E-state index contributed by atoms with van der Waals surface area (Å²) in [5.41, 5.74) is 1.59. The van der Waals surface area contributed by atoms with E-state index in [1.54, 1.807) is 31.2 Å². The minimum absolute atomic E-state index is 0.0109. The van der Waals surface area contributed by atoms with Crippen LogP contribution in [0.2, 0.25) is 0 Å². The Hall–Kier alpha value is -3.09. The summed E-state index contributed by atoms with van der Waals surface area (Å²) in [6.07, 6.45) is 1.53. The fourth-order valence-electron chi connectivity index (χ4n) is 2.99. The highest BCUT2D eigenvalue weighted by molar-refractivity contribution is 5.98. The van der Waals surface area contributed by atoms with Gasteiger partial charge in [-0.2, -0.15) is 0 Å². The molecule has 1 aromatic carbocycles. The number of furan rings is 1. The van der Waals surface area contributed by atoms with Gasteiger partial charge < -0.3 is 20.4 Å². The molecule has 2 unspecified atom stereocenters. The Labute approximate surface area is 184 Å². The molecule has 0 radical (unpaired) electrons. The van der Waals surface area contributed by atoms with E-state index < -0.39 is 18.0 Å². The second-order valence-electron chi connectivity index (χ2n) is 9.05. The minimum atomic E-state index is -0.768. The molecule has 0 saturated carbocycles. The van der Waals surface area contributed by atoms with E-state index in [1.165, 1.54) is 6.26 Å². The highest BCUT2D eigenvalue weighted by atomic mass is 16.3. The number of rotatable bonds is 8. The SMILES string of the molecule is CC(NC(=O)C(NC(=O)c1ccc(C(C)(C)C)cc1)C(C)C)C(=O)NCc1ccco1. The molecule has 2 atom stereocenters. The van der Waals surface area contributed by atoms with E-state index in [1.807, 2.05) is 26.0 Å². The zero-order valence-corrected chi connectivity index (χ0v) is 19.1. The van der Waals surface area contributed by atoms with Gasteiger partial charge in [-0.1, -0.05) is 46.8 Å². The summed E-state index contributed by atoms with van der Waals surface area (Å²) in [6.45, 7) is 11.8. The minimum Gasteiger partial charge on any atom is -0.467 e. The van der Waals surface area contributed by atoms with Crippen molar-refractivity contribution in [1.29, 1.82) is 0 Å². The van der Waals surface area contributed by atoms with Crippen LogP contribution in [0.15, 0.2) is 47.1 Å². The molecule has 3 N–H and O–H groups in total. The molecule has 7 heteroatoms. The van der Waals surface area contributed by atoms with Crippen molar-refractivity contribution in [3.63, 3.8) is 0 Å². The van der Waals surface area contributed by atoms with E-state index >= 15 is 0 Å². The Balaban J connectivity index is 1.96. The first kappa shape index (κ1) is 24.2. The van der Waals surface area contributed by atoms with E-state index in [0.717, 1.165) is 5.56 Å². The number of amides is 3. The van der Waals surface area contributed by atoms with Gasteiger partial charge in [-0.15, -0.1) is 0 Å². The summed E-state index contributed by atoms with van der Waals surface area (Å²) >= 11 is 0. The molecule has 0 aliphatic heterocycles. The van der Waals surface area contributed by atoms with Gasteiger partial charge in [0.2, 0.25) is 11.8 Å². The number of hydrogen-bond donors (Lipinski definition) is 3. The van der Waals surface area contributed by atoms with Crippen molar-refractivity contribution >= 4 is 17.7 Å². The highest BCUT2D eigenvalue weighted by Gasteiger charge is 2.27. The van der Waals surface area contributed by atoms with E-state index in [0.29, 0.717) is 11.3 Å². The Morgan fingerprint density at radius 2 is 1.58 bits per heavy atom. The van der Waals surface area contributed by atoms with Crippen molar-refractivity contribution in [2.24, 2.45) is 5.92 Å². The molecule has 0 bridgehead atoms. The average Bonchev–Trinajstić information content (AvgIpc) is 3.22. The van der Waals surface area contributed by atoms with E-state index in [9.17, 15) is 14.4 Å². The molecule has 2 aromatic rings. The molecule has 31 heavy (non-hydrogen) atoms. The summed E-state index contributed by atoms with van der Waals surface area (Å²) < 4.78 is 5.18. The summed E-state index contributed by atoms with van der Waals surface area (Å²) in [7, 11) is 0. The van der Waals surface area contributed by atoms with Crippen molar-refractivity contribution in [2.45, 2.75) is 65.6 Å². The largest absolute Gasteiger partial charge is 0.467 e. The van der Waals surface area contributed by atoms with Crippen molar-refractivity contribution in [3.05, 3.63) is 59.5 Å². The van der Waals surface area contributed by atoms with Crippen LogP contribution < -0.4 is 16.0 Å². The first-order valence-corrected chi connectivity index (χ1v) is 10.5. The highest BCUT2D eigenvalue weighted by Crippen LogP contribution is 2.22. The number of hydrogen-bond acceptors (Lipinski definition) is 4. The van der Waals surface area contributed by atoms with Gasteiger partial charge in [0.1, 0.15) is 17.8 Å². The van der Waals surface area contributed by atoms with Gasteiger partial charge in [-0.3, -0.25) is 14.4 Å². The lowest BCUT2D eigenvalue weighted by atomic mass is 9.86. The van der Waals surface area contributed by atoms with Crippen LogP contribution in [0.3, 0.4) is 0 Å². The molecule has 0 aliphatic carbocycles. The third-order valence-corrected chi connectivity index (χ3v) is 5.02. The number of benzene rings is 1. The van der Waals surface area contributed by atoms with Gasteiger partial charge in [-0.25, -0.2) is 0 Å². The third-order valence-electron chi connectivity index (χ3n) is 5.02. The van der Waals surface area contributed by atoms with Crippen LogP contribution in [0.5, 0.6) is 0 Å². The summed E-state index contributed by atoms with van der Waals surface area (Å²) in [6, 6.07) is 9.32. The first-order chi connectivity index (χ1) is 14.5. The lowest BCUT2D eigenvalue weighted by Gasteiger charge is -2.24. The molecule has 0 fully saturated rings. The molecular weight excluding hydrogens is 394 g/mol. The maximum absolute atomic E-state index is 12.8. The second-order valence-corrected chi connectivity index (χ2v) is 9.05. The number of carbonyl (C=O) groups excluding carboxylic acids is 3. The topological polar surface area (TPSA) is 100 Å². The van der Waals surface area contributed by atoms with Crippen LogP contribution in [0.25, 0.3) is 0 Å². The van der Waals surface area contributed by atoms with Crippen molar-refractivity contribution in [3.8, 4) is 0 Å². The lowest BCUT2D eigenvalue weighted by Crippen LogP contribution is -2.54. The molecule has 1 aromatic heterocycles. The zero-order valence-electron chi connectivity index (χ0n) is 19.1. The maximum atomic E-state index is 12.8. The monoisotopic (exact) mass is 427 g/mol. The van der Waals surface area contributed by atoms with Gasteiger partial charge in [-0.05, 0) is 48.1 Å². The standard InChI is InChI=1S/C24H33N3O4/c1-15(2)20(27-22(29)17-9-11-18(12-10-17)24(4,5)6)23(30)26-16(3)21(28)25-14-19-8-7-13-31-19/h7-13,15-16,20H,14H2,1-6H3,(H,25,28)(H,26,30)(H,27,29). The molecule has 2 rings (SSSR count). The van der Waals surface area contributed by atoms with E-state index in [4.69, 9.17) is 4.42 Å². The Morgan fingerprint density at radius 3 is 2.10 bits per heavy atom. The smallest absolute Gasteiger partial charge is 0.251 e. The molecule has 3 amide bonds. The maximum Gasteiger partial charge on any atom is 0.251 e. The Kier molecular flexibility index (Phi) is 8.02. The average molecular weight is 428 g/mol. The van der Waals surface area contributed by atoms with Crippen molar-refractivity contribution in [2.75, 3.05) is 0 Å². The molecule has 0 spiro atoms. The van der Waals surface area contributed by atoms with Crippen LogP contribution >= 0.6 is 0 Å². The Bertz CT molecular complexity index is 881. The zero-order chi connectivity index (χ0) is 23.2. The van der Waals surface area contributed by atoms with Gasteiger partial charge in [0.15, 0.2) is 0 Å². The number of carbonyl (C=O) groups is 3. The normalized spacial score (nSPS) is 13.4. The van der Waals surface area contributed by atoms with Crippen LogP contribution in [0.4, 0.5) is 0 Å². The van der Waals surface area contributed by atoms with Gasteiger partial charge in [0.25, 0.3) is 5.91 Å².